The number of amides is 1. The van der Waals surface area contributed by atoms with Gasteiger partial charge in [-0.05, 0) is 69.2 Å². The second-order valence-corrected chi connectivity index (χ2v) is 11.1. The molecule has 1 aliphatic carbocycles. The summed E-state index contributed by atoms with van der Waals surface area (Å²) in [6.07, 6.45) is 10.1. The van der Waals surface area contributed by atoms with Gasteiger partial charge >= 0.3 is 0 Å². The molecule has 0 radical (unpaired) electrons. The van der Waals surface area contributed by atoms with Crippen molar-refractivity contribution in [2.24, 2.45) is 5.92 Å². The van der Waals surface area contributed by atoms with Crippen molar-refractivity contribution in [3.05, 3.63) is 59.2 Å². The third kappa shape index (κ3) is 7.12. The Hall–Kier alpha value is -1.92. The lowest BCUT2D eigenvalue weighted by Crippen LogP contribution is -2.41. The molecule has 0 saturated carbocycles. The van der Waals surface area contributed by atoms with Crippen LogP contribution in [0.3, 0.4) is 0 Å². The highest BCUT2D eigenvalue weighted by Gasteiger charge is 2.29. The number of rotatable bonds is 9. The van der Waals surface area contributed by atoms with Crippen LogP contribution in [-0.2, 0) is 16.4 Å². The quantitative estimate of drug-likeness (QED) is 0.637. The SMILES string of the molecule is CCCCc1ccc(C(=O)NCC2=CC[C@@H](CNS(=O)(=O)C(C)(C)C)C=C2)cc1. The van der Waals surface area contributed by atoms with Crippen molar-refractivity contribution in [1.82, 2.24) is 10.0 Å². The number of nitrogens with one attached hydrogen (secondary N) is 2. The predicted octanol–water partition coefficient (Wildman–Crippen LogP) is 3.98. The molecule has 0 spiro atoms. The molecule has 0 aromatic heterocycles. The molecule has 1 atom stereocenters. The number of hydrogen-bond donors (Lipinski definition) is 2. The van der Waals surface area contributed by atoms with Crippen LogP contribution in [0.1, 0.15) is 62.9 Å². The van der Waals surface area contributed by atoms with Crippen LogP contribution in [0.2, 0.25) is 0 Å². The molecule has 2 N–H and O–H groups in total. The van der Waals surface area contributed by atoms with E-state index in [9.17, 15) is 13.2 Å². The Labute approximate surface area is 175 Å². The smallest absolute Gasteiger partial charge is 0.251 e. The zero-order valence-electron chi connectivity index (χ0n) is 18.0. The van der Waals surface area contributed by atoms with E-state index in [1.165, 1.54) is 5.56 Å². The maximum atomic E-state index is 12.3. The van der Waals surface area contributed by atoms with E-state index in [0.717, 1.165) is 31.3 Å². The molecule has 29 heavy (non-hydrogen) atoms. The minimum Gasteiger partial charge on any atom is -0.348 e. The summed E-state index contributed by atoms with van der Waals surface area (Å²) in [4.78, 5) is 12.3. The number of sulfonamides is 1. The summed E-state index contributed by atoms with van der Waals surface area (Å²) in [6, 6.07) is 7.80. The Bertz CT molecular complexity index is 847. The first-order valence-corrected chi connectivity index (χ1v) is 11.8. The van der Waals surface area contributed by atoms with Gasteiger partial charge < -0.3 is 5.32 Å². The Morgan fingerprint density at radius 3 is 2.41 bits per heavy atom. The van der Waals surface area contributed by atoms with Crippen molar-refractivity contribution in [3.63, 3.8) is 0 Å². The standard InChI is InChI=1S/C23H34N2O3S/c1-5-6-7-18-12-14-21(15-13-18)22(26)24-16-19-8-10-20(11-9-19)17-25-29(27,28)23(2,3)4/h8-10,12-15,20,25H,5-7,11,16-17H2,1-4H3,(H,24,26)/t20-/m0/s1. The van der Waals surface area contributed by atoms with Crippen molar-refractivity contribution in [2.75, 3.05) is 13.1 Å². The number of carbonyl (C=O) groups excluding carboxylic acids is 1. The van der Waals surface area contributed by atoms with Crippen LogP contribution < -0.4 is 10.0 Å². The van der Waals surface area contributed by atoms with Crippen LogP contribution >= 0.6 is 0 Å². The highest BCUT2D eigenvalue weighted by atomic mass is 32.2. The van der Waals surface area contributed by atoms with Gasteiger partial charge in [0.25, 0.3) is 5.91 Å². The number of aryl methyl sites for hydroxylation is 1. The zero-order chi connectivity index (χ0) is 21.5. The molecular formula is C23H34N2O3S. The van der Waals surface area contributed by atoms with Gasteiger partial charge in [-0.2, -0.15) is 0 Å². The number of allylic oxidation sites excluding steroid dienone is 1. The maximum Gasteiger partial charge on any atom is 0.251 e. The van der Waals surface area contributed by atoms with Crippen LogP contribution in [0.25, 0.3) is 0 Å². The van der Waals surface area contributed by atoms with E-state index >= 15 is 0 Å². The summed E-state index contributed by atoms with van der Waals surface area (Å²) in [5, 5.41) is 2.95. The number of carbonyl (C=O) groups is 1. The Balaban J connectivity index is 1.78. The monoisotopic (exact) mass is 418 g/mol. The van der Waals surface area contributed by atoms with Crippen molar-refractivity contribution in [2.45, 2.75) is 58.1 Å². The van der Waals surface area contributed by atoms with Gasteiger partial charge in [0.2, 0.25) is 10.0 Å². The van der Waals surface area contributed by atoms with E-state index in [1.54, 1.807) is 20.8 Å². The van der Waals surface area contributed by atoms with Crippen LogP contribution in [-0.4, -0.2) is 32.2 Å². The van der Waals surface area contributed by atoms with E-state index in [-0.39, 0.29) is 11.8 Å². The van der Waals surface area contributed by atoms with E-state index in [2.05, 4.69) is 23.0 Å². The van der Waals surface area contributed by atoms with Crippen LogP contribution in [0.4, 0.5) is 0 Å². The molecule has 0 unspecified atom stereocenters. The Morgan fingerprint density at radius 2 is 1.86 bits per heavy atom. The second kappa shape index (κ2) is 10.2. The summed E-state index contributed by atoms with van der Waals surface area (Å²) in [5.41, 5.74) is 2.96. The van der Waals surface area contributed by atoms with Crippen LogP contribution in [0, 0.1) is 5.92 Å². The molecule has 6 heteroatoms. The summed E-state index contributed by atoms with van der Waals surface area (Å²) in [7, 11) is -3.33. The van der Waals surface area contributed by atoms with Gasteiger partial charge in [0.05, 0.1) is 4.75 Å². The first-order chi connectivity index (χ1) is 13.6. The van der Waals surface area contributed by atoms with E-state index in [1.807, 2.05) is 36.4 Å². The fraction of sp³-hybridized carbons (Fsp3) is 0.522. The summed E-state index contributed by atoms with van der Waals surface area (Å²) in [6.45, 7) is 8.08. The van der Waals surface area contributed by atoms with Gasteiger partial charge in [-0.1, -0.05) is 43.7 Å². The molecule has 1 amide bonds. The average Bonchev–Trinajstić information content (AvgIpc) is 2.69. The number of benzene rings is 1. The third-order valence-corrected chi connectivity index (χ3v) is 7.25. The molecule has 1 aliphatic rings. The molecule has 160 valence electrons. The number of unbranched alkanes of at least 4 members (excludes halogenated alkanes) is 1. The maximum absolute atomic E-state index is 12.3. The van der Waals surface area contributed by atoms with Gasteiger partial charge in [0.1, 0.15) is 0 Å². The first-order valence-electron chi connectivity index (χ1n) is 10.4. The third-order valence-electron chi connectivity index (χ3n) is 5.10. The van der Waals surface area contributed by atoms with Crippen molar-refractivity contribution in [3.8, 4) is 0 Å². The lowest BCUT2D eigenvalue weighted by molar-refractivity contribution is 0.0957. The van der Waals surface area contributed by atoms with Gasteiger partial charge in [-0.15, -0.1) is 0 Å². The summed E-state index contributed by atoms with van der Waals surface area (Å²) >= 11 is 0. The highest BCUT2D eigenvalue weighted by Crippen LogP contribution is 2.18. The largest absolute Gasteiger partial charge is 0.348 e. The van der Waals surface area contributed by atoms with Gasteiger partial charge in [0.15, 0.2) is 0 Å². The zero-order valence-corrected chi connectivity index (χ0v) is 18.8. The fourth-order valence-corrected chi connectivity index (χ4v) is 3.78. The summed E-state index contributed by atoms with van der Waals surface area (Å²) < 4.78 is 26.2. The molecule has 0 fully saturated rings. The van der Waals surface area contributed by atoms with Crippen LogP contribution in [0.5, 0.6) is 0 Å². The molecule has 1 aromatic carbocycles. The predicted molar refractivity (Wildman–Crippen MR) is 119 cm³/mol. The molecular weight excluding hydrogens is 384 g/mol. The topological polar surface area (TPSA) is 75.3 Å². The first kappa shape index (κ1) is 23.4. The summed E-state index contributed by atoms with van der Waals surface area (Å²) in [5.74, 6) is 0.0450. The van der Waals surface area contributed by atoms with Gasteiger partial charge in [-0.3, -0.25) is 4.79 Å². The Morgan fingerprint density at radius 1 is 1.17 bits per heavy atom. The molecule has 0 heterocycles. The fourth-order valence-electron chi connectivity index (χ4n) is 2.91. The van der Waals surface area contributed by atoms with Gasteiger partial charge in [-0.25, -0.2) is 13.1 Å². The molecule has 1 aromatic rings. The highest BCUT2D eigenvalue weighted by molar-refractivity contribution is 7.90. The average molecular weight is 419 g/mol. The van der Waals surface area contributed by atoms with Gasteiger partial charge in [0, 0.05) is 18.7 Å². The lowest BCUT2D eigenvalue weighted by atomic mass is 9.97. The molecule has 0 aliphatic heterocycles. The van der Waals surface area contributed by atoms with Crippen molar-refractivity contribution >= 4 is 15.9 Å². The van der Waals surface area contributed by atoms with E-state index in [0.29, 0.717) is 18.7 Å². The second-order valence-electron chi connectivity index (χ2n) is 8.58. The van der Waals surface area contributed by atoms with Crippen molar-refractivity contribution in [1.29, 1.82) is 0 Å². The van der Waals surface area contributed by atoms with E-state index in [4.69, 9.17) is 0 Å². The normalized spacial score (nSPS) is 17.1. The molecule has 2 rings (SSSR count). The Kier molecular flexibility index (Phi) is 8.23. The van der Waals surface area contributed by atoms with E-state index < -0.39 is 14.8 Å². The minimum absolute atomic E-state index is 0.0820. The van der Waals surface area contributed by atoms with Crippen molar-refractivity contribution < 1.29 is 13.2 Å². The van der Waals surface area contributed by atoms with Crippen LogP contribution in [0.15, 0.2) is 48.1 Å². The molecule has 5 nitrogen and oxygen atoms in total. The molecule has 0 saturated heterocycles. The number of hydrogen-bond acceptors (Lipinski definition) is 3. The lowest BCUT2D eigenvalue weighted by Gasteiger charge is -2.22. The molecule has 0 bridgehead atoms. The minimum atomic E-state index is -3.33.